The number of ether oxygens (including phenoxy) is 1. The quantitative estimate of drug-likeness (QED) is 0.754. The number of benzene rings is 2. The average molecular weight is 359 g/mol. The van der Waals surface area contributed by atoms with Gasteiger partial charge in [0.1, 0.15) is 5.75 Å². The number of H-pyrrole nitrogens is 1. The van der Waals surface area contributed by atoms with Crippen LogP contribution < -0.4 is 10.1 Å². The van der Waals surface area contributed by atoms with Crippen molar-refractivity contribution in [1.29, 1.82) is 0 Å². The summed E-state index contributed by atoms with van der Waals surface area (Å²) in [5.74, 6) is 1.01. The van der Waals surface area contributed by atoms with E-state index in [0.717, 1.165) is 41.8 Å². The Morgan fingerprint density at radius 2 is 2.11 bits per heavy atom. The molecule has 1 saturated heterocycles. The van der Waals surface area contributed by atoms with Crippen LogP contribution in [0.3, 0.4) is 0 Å². The molecule has 2 N–H and O–H groups in total. The van der Waals surface area contributed by atoms with E-state index < -0.39 is 5.41 Å². The molecule has 0 radical (unpaired) electrons. The summed E-state index contributed by atoms with van der Waals surface area (Å²) in [4.78, 5) is 12.9. The minimum atomic E-state index is -0.397. The van der Waals surface area contributed by atoms with E-state index in [1.54, 1.807) is 13.3 Å². The van der Waals surface area contributed by atoms with Crippen LogP contribution in [0.1, 0.15) is 29.0 Å². The molecule has 0 saturated carbocycles. The van der Waals surface area contributed by atoms with Gasteiger partial charge < -0.3 is 10.1 Å². The van der Waals surface area contributed by atoms with Gasteiger partial charge in [-0.1, -0.05) is 36.4 Å². The van der Waals surface area contributed by atoms with Gasteiger partial charge in [-0.3, -0.25) is 9.89 Å². The Balaban J connectivity index is 1.67. The first-order chi connectivity index (χ1) is 13.2. The van der Waals surface area contributed by atoms with Crippen molar-refractivity contribution >= 4 is 5.91 Å². The van der Waals surface area contributed by atoms with Crippen LogP contribution in [-0.4, -0.2) is 29.8 Å². The number of hydrogen-bond donors (Lipinski definition) is 2. The zero-order chi connectivity index (χ0) is 18.4. The van der Waals surface area contributed by atoms with Crippen LogP contribution in [0.2, 0.25) is 0 Å². The van der Waals surface area contributed by atoms with Crippen LogP contribution in [0.4, 0.5) is 0 Å². The summed E-state index contributed by atoms with van der Waals surface area (Å²) in [6.45, 7) is 0.744. The third kappa shape index (κ3) is 2.31. The first kappa shape index (κ1) is 16.1. The first-order valence-corrected chi connectivity index (χ1v) is 9.26. The molecule has 1 aromatic heterocycles. The fraction of sp³-hybridized carbons (Fsp3) is 0.273. The summed E-state index contributed by atoms with van der Waals surface area (Å²) in [6.07, 6.45) is 5.30. The molecule has 2 heterocycles. The summed E-state index contributed by atoms with van der Waals surface area (Å²) in [6, 6.07) is 14.7. The molecule has 27 heavy (non-hydrogen) atoms. The summed E-state index contributed by atoms with van der Waals surface area (Å²) >= 11 is 0. The molecule has 5 nitrogen and oxygen atoms in total. The van der Waals surface area contributed by atoms with E-state index in [1.165, 1.54) is 11.1 Å². The van der Waals surface area contributed by atoms with E-state index >= 15 is 0 Å². The zero-order valence-corrected chi connectivity index (χ0v) is 15.2. The Labute approximate surface area is 157 Å². The van der Waals surface area contributed by atoms with Crippen LogP contribution in [0.25, 0.3) is 11.1 Å². The Bertz CT molecular complexity index is 1010. The predicted molar refractivity (Wildman–Crippen MR) is 103 cm³/mol. The largest absolute Gasteiger partial charge is 0.496 e. The van der Waals surface area contributed by atoms with Gasteiger partial charge in [-0.25, -0.2) is 0 Å². The van der Waals surface area contributed by atoms with Crippen LogP contribution >= 0.6 is 0 Å². The number of rotatable bonds is 3. The highest BCUT2D eigenvalue weighted by Gasteiger charge is 2.54. The van der Waals surface area contributed by atoms with Gasteiger partial charge in [0.25, 0.3) is 0 Å². The van der Waals surface area contributed by atoms with E-state index in [0.29, 0.717) is 0 Å². The third-order valence-corrected chi connectivity index (χ3v) is 6.10. The second-order valence-electron chi connectivity index (χ2n) is 7.42. The maximum atomic E-state index is 12.9. The monoisotopic (exact) mass is 359 g/mol. The predicted octanol–water partition coefficient (Wildman–Crippen LogP) is 3.28. The van der Waals surface area contributed by atoms with Crippen LogP contribution in [0.5, 0.6) is 5.75 Å². The van der Waals surface area contributed by atoms with Crippen molar-refractivity contribution in [3.05, 3.63) is 71.5 Å². The molecule has 136 valence electrons. The van der Waals surface area contributed by atoms with Crippen molar-refractivity contribution < 1.29 is 9.53 Å². The SMILES string of the molecule is COc1cc(C2c3ccccc3CC23CCNC3=O)ccc1-c1cn[nH]c1. The van der Waals surface area contributed by atoms with Gasteiger partial charge in [0.15, 0.2) is 0 Å². The lowest BCUT2D eigenvalue weighted by Crippen LogP contribution is -2.35. The number of amides is 1. The average Bonchev–Trinajstić information content (AvgIpc) is 3.41. The van der Waals surface area contributed by atoms with Gasteiger partial charge in [-0.15, -0.1) is 0 Å². The molecule has 1 aliphatic carbocycles. The van der Waals surface area contributed by atoms with Gasteiger partial charge in [-0.05, 0) is 35.6 Å². The van der Waals surface area contributed by atoms with Gasteiger partial charge >= 0.3 is 0 Å². The lowest BCUT2D eigenvalue weighted by molar-refractivity contribution is -0.127. The Kier molecular flexibility index (Phi) is 3.57. The third-order valence-electron chi connectivity index (χ3n) is 6.10. The fourth-order valence-electron chi connectivity index (χ4n) is 4.87. The number of aromatic amines is 1. The van der Waals surface area contributed by atoms with Crippen LogP contribution in [0.15, 0.2) is 54.9 Å². The number of carbonyl (C=O) groups is 1. The lowest BCUT2D eigenvalue weighted by atomic mass is 9.71. The highest BCUT2D eigenvalue weighted by molar-refractivity contribution is 5.88. The molecule has 1 aliphatic heterocycles. The number of methoxy groups -OCH3 is 1. The van der Waals surface area contributed by atoms with Crippen molar-refractivity contribution in [2.75, 3.05) is 13.7 Å². The molecule has 1 spiro atoms. The van der Waals surface area contributed by atoms with Gasteiger partial charge in [-0.2, -0.15) is 5.10 Å². The van der Waals surface area contributed by atoms with Crippen molar-refractivity contribution in [3.63, 3.8) is 0 Å². The van der Waals surface area contributed by atoms with E-state index in [-0.39, 0.29) is 11.8 Å². The lowest BCUT2D eigenvalue weighted by Gasteiger charge is -2.29. The topological polar surface area (TPSA) is 67.0 Å². The number of hydrogen-bond acceptors (Lipinski definition) is 3. The van der Waals surface area contributed by atoms with Crippen molar-refractivity contribution in [2.24, 2.45) is 5.41 Å². The molecule has 2 unspecified atom stereocenters. The highest BCUT2D eigenvalue weighted by atomic mass is 16.5. The molecule has 0 bridgehead atoms. The molecule has 2 atom stereocenters. The van der Waals surface area contributed by atoms with Crippen molar-refractivity contribution in [3.8, 4) is 16.9 Å². The van der Waals surface area contributed by atoms with Gasteiger partial charge in [0.2, 0.25) is 5.91 Å². The van der Waals surface area contributed by atoms with Gasteiger partial charge in [0, 0.05) is 29.8 Å². The number of fused-ring (bicyclic) bond motifs is 1. The Hall–Kier alpha value is -3.08. The van der Waals surface area contributed by atoms with E-state index in [9.17, 15) is 4.79 Å². The zero-order valence-electron chi connectivity index (χ0n) is 15.2. The van der Waals surface area contributed by atoms with E-state index in [4.69, 9.17) is 4.74 Å². The van der Waals surface area contributed by atoms with E-state index in [1.807, 2.05) is 6.20 Å². The van der Waals surface area contributed by atoms with E-state index in [2.05, 4.69) is 58.0 Å². The number of carbonyl (C=O) groups excluding carboxylic acids is 1. The second kappa shape index (κ2) is 5.98. The number of aromatic nitrogens is 2. The summed E-state index contributed by atoms with van der Waals surface area (Å²) in [5.41, 5.74) is 5.24. The first-order valence-electron chi connectivity index (χ1n) is 9.26. The Morgan fingerprint density at radius 3 is 2.85 bits per heavy atom. The van der Waals surface area contributed by atoms with Gasteiger partial charge in [0.05, 0.1) is 18.7 Å². The van der Waals surface area contributed by atoms with Crippen LogP contribution in [-0.2, 0) is 11.2 Å². The Morgan fingerprint density at radius 1 is 1.22 bits per heavy atom. The molecular weight excluding hydrogens is 338 g/mol. The molecule has 2 aliphatic rings. The molecule has 3 aromatic rings. The molecular formula is C22H21N3O2. The normalized spacial score (nSPS) is 23.4. The highest BCUT2D eigenvalue weighted by Crippen LogP contribution is 2.55. The fourth-order valence-corrected chi connectivity index (χ4v) is 4.87. The summed E-state index contributed by atoms with van der Waals surface area (Å²) < 4.78 is 5.69. The molecule has 1 amide bonds. The standard InChI is InChI=1S/C22H21N3O2/c1-27-19-10-14(6-7-17(19)16-12-24-25-13-16)20-18-5-3-2-4-15(18)11-22(20)8-9-23-21(22)26/h2-7,10,12-13,20H,8-9,11H2,1H3,(H,23,26)(H,24,25). The maximum absolute atomic E-state index is 12.9. The second-order valence-corrected chi connectivity index (χ2v) is 7.42. The minimum absolute atomic E-state index is 0.0449. The molecule has 5 heteroatoms. The van der Waals surface area contributed by atoms with Crippen molar-refractivity contribution in [2.45, 2.75) is 18.8 Å². The van der Waals surface area contributed by atoms with Crippen LogP contribution in [0, 0.1) is 5.41 Å². The molecule has 2 aromatic carbocycles. The summed E-state index contributed by atoms with van der Waals surface area (Å²) in [5, 5.41) is 9.95. The minimum Gasteiger partial charge on any atom is -0.496 e. The maximum Gasteiger partial charge on any atom is 0.227 e. The number of nitrogens with zero attached hydrogens (tertiary/aromatic N) is 1. The molecule has 5 rings (SSSR count). The summed E-state index contributed by atoms with van der Waals surface area (Å²) in [7, 11) is 1.68. The smallest absolute Gasteiger partial charge is 0.227 e. The van der Waals surface area contributed by atoms with Crippen molar-refractivity contribution in [1.82, 2.24) is 15.5 Å². The molecule has 1 fully saturated rings. The number of nitrogens with one attached hydrogen (secondary N) is 2.